The van der Waals surface area contributed by atoms with Crippen molar-refractivity contribution >= 4 is 23.1 Å². The third kappa shape index (κ3) is 1.50. The fourth-order valence-electron chi connectivity index (χ4n) is 1.58. The van der Waals surface area contributed by atoms with Crippen molar-refractivity contribution in [2.75, 3.05) is 0 Å². The van der Waals surface area contributed by atoms with Crippen molar-refractivity contribution in [2.24, 2.45) is 0 Å². The molecule has 78 valence electrons. The number of benzene rings is 1. The van der Waals surface area contributed by atoms with Crippen molar-refractivity contribution in [1.29, 1.82) is 0 Å². The Balaban J connectivity index is 2.01. The first-order valence-electron chi connectivity index (χ1n) is 4.94. The topological polar surface area (TPSA) is 54.7 Å². The molecule has 4 nitrogen and oxygen atoms in total. The van der Waals surface area contributed by atoms with Crippen LogP contribution in [0.25, 0.3) is 23.1 Å². The Hall–Kier alpha value is -2.36. The van der Waals surface area contributed by atoms with Gasteiger partial charge in [0.2, 0.25) is 0 Å². The monoisotopic (exact) mass is 211 g/mol. The maximum Gasteiger partial charge on any atom is 0.131 e. The highest BCUT2D eigenvalue weighted by atomic mass is 16.5. The number of aromatic nitrogens is 3. The van der Waals surface area contributed by atoms with Crippen LogP contribution in [0.1, 0.15) is 11.3 Å². The zero-order valence-corrected chi connectivity index (χ0v) is 8.42. The molecule has 16 heavy (non-hydrogen) atoms. The number of aromatic amines is 1. The molecule has 0 saturated heterocycles. The van der Waals surface area contributed by atoms with E-state index in [1.807, 2.05) is 36.4 Å². The summed E-state index contributed by atoms with van der Waals surface area (Å²) < 4.78 is 4.74. The lowest BCUT2D eigenvalue weighted by Crippen LogP contribution is -1.71. The van der Waals surface area contributed by atoms with Gasteiger partial charge < -0.3 is 4.52 Å². The van der Waals surface area contributed by atoms with Crippen molar-refractivity contribution in [3.63, 3.8) is 0 Å². The molecule has 0 spiro atoms. The summed E-state index contributed by atoms with van der Waals surface area (Å²) >= 11 is 0. The first-order chi connectivity index (χ1) is 7.93. The molecular formula is C12H9N3O. The van der Waals surface area contributed by atoms with Crippen LogP contribution < -0.4 is 0 Å². The van der Waals surface area contributed by atoms with Gasteiger partial charge in [-0.3, -0.25) is 5.10 Å². The molecule has 1 aromatic carbocycles. The average molecular weight is 211 g/mol. The summed E-state index contributed by atoms with van der Waals surface area (Å²) in [5.74, 6) is 0. The smallest absolute Gasteiger partial charge is 0.131 e. The van der Waals surface area contributed by atoms with Crippen LogP contribution >= 0.6 is 0 Å². The normalized spacial score (nSPS) is 11.5. The number of H-pyrrole nitrogens is 1. The Morgan fingerprint density at radius 1 is 1.19 bits per heavy atom. The summed E-state index contributed by atoms with van der Waals surface area (Å²) in [5, 5.41) is 11.9. The second kappa shape index (κ2) is 3.66. The molecule has 0 fully saturated rings. The van der Waals surface area contributed by atoms with Crippen LogP contribution in [-0.2, 0) is 0 Å². The number of hydrogen-bond acceptors (Lipinski definition) is 3. The fourth-order valence-corrected chi connectivity index (χ4v) is 1.58. The molecule has 0 aliphatic heterocycles. The van der Waals surface area contributed by atoms with Gasteiger partial charge in [-0.15, -0.1) is 0 Å². The molecule has 3 rings (SSSR count). The minimum atomic E-state index is 0.914. The van der Waals surface area contributed by atoms with Crippen molar-refractivity contribution in [3.05, 3.63) is 48.0 Å². The molecule has 0 radical (unpaired) electrons. The predicted molar refractivity (Wildman–Crippen MR) is 61.5 cm³/mol. The Kier molecular flexibility index (Phi) is 2.04. The molecular weight excluding hydrogens is 202 g/mol. The third-order valence-corrected chi connectivity index (χ3v) is 2.38. The average Bonchev–Trinajstić information content (AvgIpc) is 2.96. The summed E-state index contributed by atoms with van der Waals surface area (Å²) in [4.78, 5) is 0. The fraction of sp³-hybridized carbons (Fsp3) is 0. The molecule has 2 aromatic heterocycles. The molecule has 0 bridgehead atoms. The lowest BCUT2D eigenvalue weighted by atomic mass is 10.2. The summed E-state index contributed by atoms with van der Waals surface area (Å²) in [6.07, 6.45) is 7.10. The molecule has 0 unspecified atom stereocenters. The van der Waals surface area contributed by atoms with Gasteiger partial charge in [-0.1, -0.05) is 23.4 Å². The number of fused-ring (bicyclic) bond motifs is 1. The van der Waals surface area contributed by atoms with Gasteiger partial charge in [-0.2, -0.15) is 5.10 Å². The Morgan fingerprint density at radius 3 is 3.00 bits per heavy atom. The van der Waals surface area contributed by atoms with Gasteiger partial charge in [-0.25, -0.2) is 0 Å². The first kappa shape index (κ1) is 8.91. The molecule has 4 heteroatoms. The second-order valence-corrected chi connectivity index (χ2v) is 3.45. The van der Waals surface area contributed by atoms with Crippen LogP contribution in [-0.4, -0.2) is 15.4 Å². The van der Waals surface area contributed by atoms with E-state index in [4.69, 9.17) is 4.52 Å². The van der Waals surface area contributed by atoms with E-state index in [0.717, 1.165) is 22.2 Å². The Bertz CT molecular complexity index is 623. The SMILES string of the molecule is C(=Cc1n[nH]c2ccccc12)c1cnoc1. The largest absolute Gasteiger partial charge is 0.364 e. The highest BCUT2D eigenvalue weighted by molar-refractivity contribution is 5.89. The molecule has 0 aliphatic rings. The van der Waals surface area contributed by atoms with Gasteiger partial charge in [-0.05, 0) is 18.2 Å². The minimum absolute atomic E-state index is 0.914. The quantitative estimate of drug-likeness (QED) is 0.709. The number of rotatable bonds is 2. The molecule has 0 atom stereocenters. The van der Waals surface area contributed by atoms with Gasteiger partial charge >= 0.3 is 0 Å². The lowest BCUT2D eigenvalue weighted by Gasteiger charge is -1.87. The van der Waals surface area contributed by atoms with Crippen molar-refractivity contribution in [3.8, 4) is 0 Å². The van der Waals surface area contributed by atoms with Crippen LogP contribution in [0.4, 0.5) is 0 Å². The zero-order valence-electron chi connectivity index (χ0n) is 8.42. The number of hydrogen-bond donors (Lipinski definition) is 1. The maximum absolute atomic E-state index is 4.74. The van der Waals surface area contributed by atoms with Crippen LogP contribution in [0, 0.1) is 0 Å². The van der Waals surface area contributed by atoms with E-state index in [1.165, 1.54) is 0 Å². The van der Waals surface area contributed by atoms with E-state index < -0.39 is 0 Å². The summed E-state index contributed by atoms with van der Waals surface area (Å²) in [6.45, 7) is 0. The number of nitrogens with one attached hydrogen (secondary N) is 1. The van der Waals surface area contributed by atoms with Gasteiger partial charge in [0.1, 0.15) is 6.26 Å². The Morgan fingerprint density at radius 2 is 2.12 bits per heavy atom. The van der Waals surface area contributed by atoms with E-state index in [1.54, 1.807) is 12.5 Å². The van der Waals surface area contributed by atoms with Gasteiger partial charge in [0.25, 0.3) is 0 Å². The molecule has 0 amide bonds. The van der Waals surface area contributed by atoms with Crippen molar-refractivity contribution in [1.82, 2.24) is 15.4 Å². The number of nitrogens with zero attached hydrogens (tertiary/aromatic N) is 2. The van der Waals surface area contributed by atoms with Crippen LogP contribution in [0.3, 0.4) is 0 Å². The van der Waals surface area contributed by atoms with E-state index in [9.17, 15) is 0 Å². The number of para-hydroxylation sites is 1. The van der Waals surface area contributed by atoms with Crippen molar-refractivity contribution < 1.29 is 4.52 Å². The molecule has 0 aliphatic carbocycles. The van der Waals surface area contributed by atoms with Crippen LogP contribution in [0.5, 0.6) is 0 Å². The molecule has 0 saturated carbocycles. The first-order valence-corrected chi connectivity index (χ1v) is 4.94. The van der Waals surface area contributed by atoms with E-state index in [0.29, 0.717) is 0 Å². The van der Waals surface area contributed by atoms with Gasteiger partial charge in [0, 0.05) is 10.9 Å². The highest BCUT2D eigenvalue weighted by Gasteiger charge is 2.00. The van der Waals surface area contributed by atoms with Gasteiger partial charge in [0.05, 0.1) is 17.4 Å². The third-order valence-electron chi connectivity index (χ3n) is 2.38. The van der Waals surface area contributed by atoms with E-state index in [-0.39, 0.29) is 0 Å². The molecule has 3 aromatic rings. The van der Waals surface area contributed by atoms with Crippen LogP contribution in [0.2, 0.25) is 0 Å². The summed E-state index contributed by atoms with van der Waals surface area (Å²) in [7, 11) is 0. The second-order valence-electron chi connectivity index (χ2n) is 3.45. The Labute approximate surface area is 91.6 Å². The summed E-state index contributed by atoms with van der Waals surface area (Å²) in [5.41, 5.74) is 2.87. The molecule has 1 N–H and O–H groups in total. The zero-order chi connectivity index (χ0) is 10.8. The van der Waals surface area contributed by atoms with Crippen molar-refractivity contribution in [2.45, 2.75) is 0 Å². The predicted octanol–water partition coefficient (Wildman–Crippen LogP) is 2.72. The van der Waals surface area contributed by atoms with Gasteiger partial charge in [0.15, 0.2) is 0 Å². The molecule has 2 heterocycles. The maximum atomic E-state index is 4.74. The van der Waals surface area contributed by atoms with E-state index in [2.05, 4.69) is 15.4 Å². The van der Waals surface area contributed by atoms with E-state index >= 15 is 0 Å². The highest BCUT2D eigenvalue weighted by Crippen LogP contribution is 2.17. The lowest BCUT2D eigenvalue weighted by molar-refractivity contribution is 0.419. The summed E-state index contributed by atoms with van der Waals surface area (Å²) in [6, 6.07) is 8.01. The minimum Gasteiger partial charge on any atom is -0.364 e. The van der Waals surface area contributed by atoms with Crippen LogP contribution in [0.15, 0.2) is 41.2 Å². The standard InChI is InChI=1S/C12H9N3O/c1-2-4-11-10(3-1)12(15-14-11)6-5-9-7-13-16-8-9/h1-8H,(H,14,15).